The van der Waals surface area contributed by atoms with Gasteiger partial charge >= 0.3 is 29.6 Å². The Morgan fingerprint density at radius 3 is 0.790 bits per heavy atom. The van der Waals surface area contributed by atoms with Crippen molar-refractivity contribution in [2.24, 2.45) is 0 Å². The van der Waals surface area contributed by atoms with E-state index in [1.165, 1.54) is 50.3 Å². The summed E-state index contributed by atoms with van der Waals surface area (Å²) in [5.41, 5.74) is 17.6. The molecule has 0 bridgehead atoms. The van der Waals surface area contributed by atoms with Gasteiger partial charge in [-0.25, -0.2) is 60.1 Å². The van der Waals surface area contributed by atoms with Gasteiger partial charge in [0, 0.05) is 76.9 Å². The topological polar surface area (TPSA) is 261 Å². The molecule has 0 heterocycles. The second-order valence-corrected chi connectivity index (χ2v) is 43.0. The van der Waals surface area contributed by atoms with E-state index in [1.807, 2.05) is 147 Å². The summed E-state index contributed by atoms with van der Waals surface area (Å²) in [6.45, 7) is 49.2. The molecule has 0 amide bonds. The number of nitrogens with zero attached hydrogens (tertiary/aromatic N) is 5. The van der Waals surface area contributed by atoms with Crippen LogP contribution in [-0.2, 0) is 74.4 Å². The monoisotopic (exact) mass is 1780 g/mol. The number of hydrogen-bond acceptors (Lipinski definition) is 16. The van der Waals surface area contributed by atoms with Gasteiger partial charge in [-0.15, -0.1) is 4.33 Å². The van der Waals surface area contributed by atoms with Crippen LogP contribution in [0.3, 0.4) is 0 Å². The van der Waals surface area contributed by atoms with Crippen molar-refractivity contribution in [1.82, 2.24) is 26.2 Å². The number of aryl methyl sites for hydroxylation is 21. The summed E-state index contributed by atoms with van der Waals surface area (Å²) in [6, 6.07) is 26.5. The Bertz CT molecular complexity index is 5070. The molecule has 0 fully saturated rings. The molecule has 119 heavy (non-hydrogen) atoms. The third-order valence-corrected chi connectivity index (χ3v) is 34.2. The molecule has 0 spiro atoms. The van der Waals surface area contributed by atoms with Gasteiger partial charge in [-0.3, -0.25) is 0 Å². The molecule has 0 aromatic heterocycles. The zero-order valence-corrected chi connectivity index (χ0v) is 83.3. The summed E-state index contributed by atoms with van der Waals surface area (Å²) in [5.74, 6) is 0. The maximum Gasteiger partial charge on any atom is 1.00 e. The molecule has 0 aliphatic carbocycles. The van der Waals surface area contributed by atoms with E-state index < -0.39 is 60.1 Å². The normalized spacial score (nSPS) is 12.5. The van der Waals surface area contributed by atoms with Crippen LogP contribution in [0.25, 0.3) is 0 Å². The standard InChI is InChI=1S/C52H76N4O8S4.C24H36N2O4S2.C14H20O3S.Na.H/c1-15-53(65(57,58)49-41(7)29-37(3)30-42(49)8)23-17-19-25-55(67(61,62)51-45(11)33-39(5)34-46(51)12)27-21-22-28-56(68(63,64)52-47(13)35-40(6)36-48(52)14)26-20-18-24-54(16-2)66(59,60)50-43(9)31-38(4)32-44(50)10;1-8-26(32(29,30)24-21(6)15-18(3)16-22(24)7)12-10-9-11-25-31(27,28)23-19(4)13-17(2)14-20(23)5;1-5-6-7-8-15-16-17-18-14-12(3)9-11(2)10-13(14)4;;/h21-22,29-36H,15-20,23-28H2,1-14H3;13-16,25H,8-12H2,1-7H3;6-7,9-10H,5,8H2,1-4H3;;/q;;;+1;-1/b22-21+;;7-6+;;. The van der Waals surface area contributed by atoms with E-state index in [-0.39, 0.29) is 99.7 Å². The fourth-order valence-electron chi connectivity index (χ4n) is 16.0. The van der Waals surface area contributed by atoms with Gasteiger partial charge in [0.05, 0.1) is 41.4 Å². The Kier molecular flexibility index (Phi) is 42.5. The predicted octanol–water partition coefficient (Wildman–Crippen LogP) is 15.5. The minimum Gasteiger partial charge on any atom is -1.00 e. The maximum absolute atomic E-state index is 14.6. The van der Waals surface area contributed by atoms with Crippen molar-refractivity contribution in [2.75, 3.05) is 78.6 Å². The Morgan fingerprint density at radius 2 is 0.538 bits per heavy atom. The number of sulfonamides is 6. The quantitative estimate of drug-likeness (QED) is 0.00932. The number of allylic oxidation sites excluding steroid dienone is 1. The summed E-state index contributed by atoms with van der Waals surface area (Å²) >= 11 is 1.17. The van der Waals surface area contributed by atoms with Crippen LogP contribution < -0.4 is 34.3 Å². The molecule has 7 aromatic carbocycles. The Labute approximate surface area is 744 Å². The van der Waals surface area contributed by atoms with Crippen LogP contribution in [0.1, 0.15) is 191 Å². The first-order valence-corrected chi connectivity index (χ1v) is 50.0. The zero-order valence-electron chi connectivity index (χ0n) is 76.5. The van der Waals surface area contributed by atoms with E-state index in [0.717, 1.165) is 67.0 Å². The van der Waals surface area contributed by atoms with Crippen LogP contribution in [0, 0.1) is 145 Å². The van der Waals surface area contributed by atoms with Crippen LogP contribution in [0.2, 0.25) is 0 Å². The van der Waals surface area contributed by atoms with E-state index in [2.05, 4.69) is 49.6 Å². The fraction of sp³-hybridized carbons (Fsp3) is 0.489. The predicted molar refractivity (Wildman–Crippen MR) is 482 cm³/mol. The number of nitrogens with one attached hydrogen (secondary N) is 1. The van der Waals surface area contributed by atoms with Crippen molar-refractivity contribution in [3.63, 3.8) is 0 Å². The summed E-state index contributed by atoms with van der Waals surface area (Å²) in [4.78, 5) is 7.61. The van der Waals surface area contributed by atoms with E-state index in [0.29, 0.717) is 122 Å². The van der Waals surface area contributed by atoms with Crippen molar-refractivity contribution >= 4 is 72.2 Å². The first-order chi connectivity index (χ1) is 55.1. The molecule has 0 aliphatic rings. The van der Waals surface area contributed by atoms with Crippen molar-refractivity contribution in [3.05, 3.63) is 226 Å². The van der Waals surface area contributed by atoms with E-state index in [9.17, 15) is 50.5 Å². The second-order valence-electron chi connectivity index (χ2n) is 31.2. The van der Waals surface area contributed by atoms with Gasteiger partial charge in [0.25, 0.3) is 0 Å². The Balaban J connectivity index is 0.000000585. The van der Waals surface area contributed by atoms with Crippen LogP contribution in [0.5, 0.6) is 0 Å². The van der Waals surface area contributed by atoms with Gasteiger partial charge in [-0.1, -0.05) is 181 Å². The third kappa shape index (κ3) is 29.1. The molecule has 0 saturated carbocycles. The number of unbranched alkanes of at least 4 members (excludes halogenated alkanes) is 3. The SMILES string of the molecule is CC/C=C/COOOSc1c(C)cc(C)cc1C.CCN(CCCCN(C/C=C/CN(CCCCN(CC)S(=O)(=O)c1c(C)cc(C)cc1C)S(=O)(=O)c1c(C)cc(C)cc1C)S(=O)(=O)c1c(C)cc(C)cc1C)S(=O)(=O)c1c(C)cc(C)cc1C.CCN(CCCCNS(=O)(=O)c1c(C)cc(C)cc1C)S(=O)(=O)c1c(C)cc(C)cc1C.[H-].[Na+]. The summed E-state index contributed by atoms with van der Waals surface area (Å²) in [7, 11) is -23.0. The molecule has 21 nitrogen and oxygen atoms in total. The first kappa shape index (κ1) is 106. The van der Waals surface area contributed by atoms with Gasteiger partial charge in [0.15, 0.2) is 0 Å². The van der Waals surface area contributed by atoms with Crippen LogP contribution in [0.15, 0.2) is 144 Å². The zero-order chi connectivity index (χ0) is 88.8. The molecule has 7 aromatic rings. The third-order valence-electron chi connectivity index (χ3n) is 20.3. The van der Waals surface area contributed by atoms with Gasteiger partial charge in [0.2, 0.25) is 60.1 Å². The summed E-state index contributed by atoms with van der Waals surface area (Å²) in [5, 5.41) is 4.64. The largest absolute Gasteiger partial charge is 1.00 e. The van der Waals surface area contributed by atoms with E-state index in [4.69, 9.17) is 9.22 Å². The molecular weight excluding hydrogens is 1650 g/mol. The number of benzene rings is 7. The molecule has 0 aliphatic heterocycles. The molecule has 7 rings (SSSR count). The fourth-order valence-corrected chi connectivity index (χ4v) is 27.4. The minimum absolute atomic E-state index is 0. The summed E-state index contributed by atoms with van der Waals surface area (Å²) in [6.07, 6.45) is 10.9. The molecule has 1 N–H and O–H groups in total. The molecule has 0 atom stereocenters. The molecule has 0 unspecified atom stereocenters. The summed E-state index contributed by atoms with van der Waals surface area (Å²) < 4.78 is 181. The van der Waals surface area contributed by atoms with Gasteiger partial charge in [-0.05, 0) is 268 Å². The Hall–Kier alpha value is -5.29. The molecule has 0 radical (unpaired) electrons. The van der Waals surface area contributed by atoms with Crippen molar-refractivity contribution in [1.29, 1.82) is 0 Å². The molecular formula is C90H133N6NaO15S7. The van der Waals surface area contributed by atoms with Gasteiger partial charge < -0.3 is 1.43 Å². The minimum atomic E-state index is -4.06. The van der Waals surface area contributed by atoms with Crippen LogP contribution in [0.4, 0.5) is 0 Å². The van der Waals surface area contributed by atoms with Gasteiger partial charge in [0.1, 0.15) is 6.61 Å². The van der Waals surface area contributed by atoms with Crippen LogP contribution in [-0.4, -0.2) is 151 Å². The molecule has 656 valence electrons. The number of rotatable bonds is 41. The van der Waals surface area contributed by atoms with Crippen molar-refractivity contribution < 1.29 is 95.8 Å². The number of hydrogen-bond donors (Lipinski definition) is 1. The average Bonchev–Trinajstić information content (AvgIpc) is 0.809. The average molecular weight is 1790 g/mol. The second kappa shape index (κ2) is 47.7. The maximum atomic E-state index is 14.6. The van der Waals surface area contributed by atoms with Crippen LogP contribution >= 0.6 is 12.0 Å². The molecule has 29 heteroatoms. The smallest absolute Gasteiger partial charge is 1.00 e. The van der Waals surface area contributed by atoms with Gasteiger partial charge in [-0.2, -0.15) is 21.5 Å². The van der Waals surface area contributed by atoms with E-state index >= 15 is 0 Å². The first-order valence-electron chi connectivity index (χ1n) is 40.6. The molecule has 0 saturated heterocycles. The van der Waals surface area contributed by atoms with E-state index in [1.54, 1.807) is 95.2 Å². The van der Waals surface area contributed by atoms with Crippen molar-refractivity contribution in [2.45, 2.75) is 252 Å². The Morgan fingerprint density at radius 1 is 0.311 bits per heavy atom. The van der Waals surface area contributed by atoms with Crippen molar-refractivity contribution in [3.8, 4) is 0 Å².